The van der Waals surface area contributed by atoms with Gasteiger partial charge in [0.2, 0.25) is 0 Å². The fraction of sp³-hybridized carbons (Fsp3) is 0.333. The molecule has 184 valence electrons. The van der Waals surface area contributed by atoms with Crippen molar-refractivity contribution in [3.05, 3.63) is 89.5 Å². The van der Waals surface area contributed by atoms with Crippen LogP contribution in [0.25, 0.3) is 0 Å². The standard InChI is InChI=1S/C30H36N2O3/c1-7-20(2)26-10-8-9-11-27(26)35-21(3)28(33)31-24-16-18-25(19-17-24)32-29(34)22-12-14-23(15-13-22)30(4,5)6/h8-21H,7H2,1-6H3,(H,31,33)(H,32,34). The molecular formula is C30H36N2O3. The molecule has 3 aromatic rings. The van der Waals surface area contributed by atoms with Crippen LogP contribution in [0.5, 0.6) is 5.75 Å². The van der Waals surface area contributed by atoms with Crippen LogP contribution in [0.2, 0.25) is 0 Å². The van der Waals surface area contributed by atoms with Gasteiger partial charge in [-0.3, -0.25) is 9.59 Å². The van der Waals surface area contributed by atoms with Gasteiger partial charge in [-0.2, -0.15) is 0 Å². The molecule has 0 heterocycles. The van der Waals surface area contributed by atoms with Crippen molar-refractivity contribution >= 4 is 23.2 Å². The van der Waals surface area contributed by atoms with E-state index < -0.39 is 6.10 Å². The molecule has 0 aliphatic heterocycles. The highest BCUT2D eigenvalue weighted by Gasteiger charge is 2.18. The Morgan fingerprint density at radius 1 is 0.829 bits per heavy atom. The predicted molar refractivity (Wildman–Crippen MR) is 143 cm³/mol. The number of rotatable bonds is 8. The van der Waals surface area contributed by atoms with Gasteiger partial charge in [-0.25, -0.2) is 0 Å². The lowest BCUT2D eigenvalue weighted by molar-refractivity contribution is -0.122. The van der Waals surface area contributed by atoms with Gasteiger partial charge in [0.1, 0.15) is 5.75 Å². The first-order valence-electron chi connectivity index (χ1n) is 12.2. The summed E-state index contributed by atoms with van der Waals surface area (Å²) < 4.78 is 5.99. The Balaban J connectivity index is 1.58. The summed E-state index contributed by atoms with van der Waals surface area (Å²) in [6, 6.07) is 22.5. The van der Waals surface area contributed by atoms with Gasteiger partial charge in [-0.05, 0) is 78.3 Å². The molecule has 5 nitrogen and oxygen atoms in total. The molecule has 0 saturated carbocycles. The van der Waals surface area contributed by atoms with E-state index in [4.69, 9.17) is 4.74 Å². The van der Waals surface area contributed by atoms with E-state index in [2.05, 4.69) is 45.3 Å². The van der Waals surface area contributed by atoms with E-state index in [9.17, 15) is 9.59 Å². The molecule has 0 radical (unpaired) electrons. The number of ether oxygens (including phenoxy) is 1. The van der Waals surface area contributed by atoms with Crippen LogP contribution in [0.3, 0.4) is 0 Å². The van der Waals surface area contributed by atoms with E-state index in [-0.39, 0.29) is 17.2 Å². The summed E-state index contributed by atoms with van der Waals surface area (Å²) >= 11 is 0. The van der Waals surface area contributed by atoms with Crippen molar-refractivity contribution in [2.75, 3.05) is 10.6 Å². The maximum absolute atomic E-state index is 12.7. The molecule has 0 aliphatic carbocycles. The lowest BCUT2D eigenvalue weighted by Gasteiger charge is -2.19. The Labute approximate surface area is 208 Å². The van der Waals surface area contributed by atoms with E-state index >= 15 is 0 Å². The zero-order valence-electron chi connectivity index (χ0n) is 21.5. The summed E-state index contributed by atoms with van der Waals surface area (Å²) in [6.07, 6.45) is 0.335. The van der Waals surface area contributed by atoms with Gasteiger partial charge < -0.3 is 15.4 Å². The average molecular weight is 473 g/mol. The number of carbonyl (C=O) groups excluding carboxylic acids is 2. The highest BCUT2D eigenvalue weighted by molar-refractivity contribution is 6.04. The molecule has 2 atom stereocenters. The largest absolute Gasteiger partial charge is 0.481 e. The minimum atomic E-state index is -0.657. The summed E-state index contributed by atoms with van der Waals surface area (Å²) in [6.45, 7) is 12.4. The summed E-state index contributed by atoms with van der Waals surface area (Å²) in [7, 11) is 0. The number of amides is 2. The maximum Gasteiger partial charge on any atom is 0.265 e. The zero-order chi connectivity index (χ0) is 25.6. The Morgan fingerprint density at radius 2 is 1.40 bits per heavy atom. The highest BCUT2D eigenvalue weighted by atomic mass is 16.5. The summed E-state index contributed by atoms with van der Waals surface area (Å²) in [5.41, 5.74) is 4.19. The van der Waals surface area contributed by atoms with Gasteiger partial charge in [0.25, 0.3) is 11.8 Å². The number of carbonyl (C=O) groups is 2. The molecule has 0 spiro atoms. The number of hydrogen-bond acceptors (Lipinski definition) is 3. The molecule has 5 heteroatoms. The first kappa shape index (κ1) is 26.0. The Bertz CT molecular complexity index is 1150. The van der Waals surface area contributed by atoms with Crippen LogP contribution in [-0.2, 0) is 10.2 Å². The Kier molecular flexibility index (Phi) is 8.34. The van der Waals surface area contributed by atoms with Crippen LogP contribution < -0.4 is 15.4 Å². The first-order chi connectivity index (χ1) is 16.6. The SMILES string of the molecule is CCC(C)c1ccccc1OC(C)C(=O)Nc1ccc(NC(=O)c2ccc(C(C)(C)C)cc2)cc1. The second-order valence-electron chi connectivity index (χ2n) is 9.96. The third-order valence-electron chi connectivity index (χ3n) is 6.16. The second-order valence-corrected chi connectivity index (χ2v) is 9.96. The molecule has 2 amide bonds. The lowest BCUT2D eigenvalue weighted by atomic mass is 9.87. The number of para-hydroxylation sites is 1. The van der Waals surface area contributed by atoms with E-state index in [0.717, 1.165) is 17.7 Å². The topological polar surface area (TPSA) is 67.4 Å². The first-order valence-corrected chi connectivity index (χ1v) is 12.2. The minimum Gasteiger partial charge on any atom is -0.481 e. The van der Waals surface area contributed by atoms with Crippen LogP contribution in [0, 0.1) is 0 Å². The number of benzene rings is 3. The predicted octanol–water partition coefficient (Wildman–Crippen LogP) is 7.16. The van der Waals surface area contributed by atoms with Crippen LogP contribution in [-0.4, -0.2) is 17.9 Å². The molecule has 0 aliphatic rings. The molecule has 35 heavy (non-hydrogen) atoms. The third-order valence-corrected chi connectivity index (χ3v) is 6.16. The van der Waals surface area contributed by atoms with Crippen molar-refractivity contribution in [3.63, 3.8) is 0 Å². The highest BCUT2D eigenvalue weighted by Crippen LogP contribution is 2.29. The smallest absolute Gasteiger partial charge is 0.265 e. The molecule has 3 aromatic carbocycles. The second kappa shape index (κ2) is 11.2. The molecule has 0 saturated heterocycles. The quantitative estimate of drug-likeness (QED) is 0.366. The van der Waals surface area contributed by atoms with Crippen LogP contribution >= 0.6 is 0 Å². The monoisotopic (exact) mass is 472 g/mol. The average Bonchev–Trinajstić information content (AvgIpc) is 2.84. The molecule has 2 N–H and O–H groups in total. The fourth-order valence-corrected chi connectivity index (χ4v) is 3.66. The molecule has 0 fully saturated rings. The molecule has 0 bridgehead atoms. The maximum atomic E-state index is 12.7. The van der Waals surface area contributed by atoms with E-state index in [1.165, 1.54) is 5.56 Å². The fourth-order valence-electron chi connectivity index (χ4n) is 3.66. The van der Waals surface area contributed by atoms with E-state index in [1.54, 1.807) is 31.2 Å². The molecule has 2 unspecified atom stereocenters. The van der Waals surface area contributed by atoms with Crippen molar-refractivity contribution in [2.45, 2.75) is 65.4 Å². The van der Waals surface area contributed by atoms with Crippen molar-refractivity contribution in [1.82, 2.24) is 0 Å². The van der Waals surface area contributed by atoms with Crippen molar-refractivity contribution in [3.8, 4) is 5.75 Å². The van der Waals surface area contributed by atoms with Gasteiger partial charge in [-0.15, -0.1) is 0 Å². The van der Waals surface area contributed by atoms with Crippen LogP contribution in [0.15, 0.2) is 72.8 Å². The summed E-state index contributed by atoms with van der Waals surface area (Å²) in [5.74, 6) is 0.669. The summed E-state index contributed by atoms with van der Waals surface area (Å²) in [4.78, 5) is 25.3. The third kappa shape index (κ3) is 6.95. The number of nitrogens with one attached hydrogen (secondary N) is 2. The van der Waals surface area contributed by atoms with Crippen molar-refractivity contribution in [1.29, 1.82) is 0 Å². The Morgan fingerprint density at radius 3 is 1.97 bits per heavy atom. The van der Waals surface area contributed by atoms with Gasteiger partial charge in [0.05, 0.1) is 0 Å². The van der Waals surface area contributed by atoms with Gasteiger partial charge >= 0.3 is 0 Å². The zero-order valence-corrected chi connectivity index (χ0v) is 21.5. The van der Waals surface area contributed by atoms with Crippen LogP contribution in [0.1, 0.15) is 75.4 Å². The molecule has 3 rings (SSSR count). The van der Waals surface area contributed by atoms with Crippen LogP contribution in [0.4, 0.5) is 11.4 Å². The van der Waals surface area contributed by atoms with Crippen molar-refractivity contribution in [2.24, 2.45) is 0 Å². The van der Waals surface area contributed by atoms with Gasteiger partial charge in [0, 0.05) is 16.9 Å². The van der Waals surface area contributed by atoms with Gasteiger partial charge in [0.15, 0.2) is 6.10 Å². The summed E-state index contributed by atoms with van der Waals surface area (Å²) in [5, 5.41) is 5.78. The Hall–Kier alpha value is -3.60. The molecular weight excluding hydrogens is 436 g/mol. The number of hydrogen-bond donors (Lipinski definition) is 2. The van der Waals surface area contributed by atoms with Crippen molar-refractivity contribution < 1.29 is 14.3 Å². The lowest BCUT2D eigenvalue weighted by Crippen LogP contribution is -2.30. The molecule has 0 aromatic heterocycles. The van der Waals surface area contributed by atoms with E-state index in [0.29, 0.717) is 22.9 Å². The minimum absolute atomic E-state index is 0.0368. The van der Waals surface area contributed by atoms with E-state index in [1.807, 2.05) is 48.5 Å². The number of anilines is 2. The van der Waals surface area contributed by atoms with Gasteiger partial charge in [-0.1, -0.05) is 65.0 Å². The normalized spacial score (nSPS) is 13.0.